The number of ketones is 1. The summed E-state index contributed by atoms with van der Waals surface area (Å²) in [5.41, 5.74) is -2.83. The van der Waals surface area contributed by atoms with Gasteiger partial charge < -0.3 is 9.30 Å². The first-order valence-corrected chi connectivity index (χ1v) is 10.2. The van der Waals surface area contributed by atoms with E-state index in [4.69, 9.17) is 0 Å². The highest BCUT2D eigenvalue weighted by atomic mass is 19.4. The zero-order valence-electron chi connectivity index (χ0n) is 17.5. The van der Waals surface area contributed by atoms with Crippen molar-refractivity contribution in [2.45, 2.75) is 12.4 Å². The summed E-state index contributed by atoms with van der Waals surface area (Å²) in [6, 6.07) is 4.21. The monoisotopic (exact) mass is 484 g/mol. The van der Waals surface area contributed by atoms with Crippen molar-refractivity contribution in [2.75, 3.05) is 32.7 Å². The highest BCUT2D eigenvalue weighted by Crippen LogP contribution is 2.36. The maximum absolute atomic E-state index is 13.1. The van der Waals surface area contributed by atoms with E-state index in [1.807, 2.05) is 0 Å². The molecule has 2 aromatic heterocycles. The van der Waals surface area contributed by atoms with Crippen LogP contribution in [0.15, 0.2) is 48.9 Å². The molecule has 0 bridgehead atoms. The minimum Gasteiger partial charge on any atom is -0.336 e. The summed E-state index contributed by atoms with van der Waals surface area (Å²) in [4.78, 5) is 32.8. The minimum absolute atomic E-state index is 0.0123. The van der Waals surface area contributed by atoms with Crippen LogP contribution in [-0.2, 0) is 12.4 Å². The van der Waals surface area contributed by atoms with Crippen molar-refractivity contribution < 1.29 is 35.9 Å². The van der Waals surface area contributed by atoms with E-state index in [1.165, 1.54) is 0 Å². The third-order valence-electron chi connectivity index (χ3n) is 5.59. The predicted octanol–water partition coefficient (Wildman–Crippen LogP) is 4.01. The number of carbonyl (C=O) groups excluding carboxylic acids is 2. The summed E-state index contributed by atoms with van der Waals surface area (Å²) in [6.45, 7) is 0.589. The predicted molar refractivity (Wildman–Crippen MR) is 108 cm³/mol. The molecule has 6 nitrogen and oxygen atoms in total. The molecule has 1 aromatic carbocycles. The number of rotatable bonds is 4. The Labute approximate surface area is 189 Å². The third-order valence-corrected chi connectivity index (χ3v) is 5.59. The maximum atomic E-state index is 13.1. The summed E-state index contributed by atoms with van der Waals surface area (Å²) >= 11 is 0. The molecule has 1 fully saturated rings. The van der Waals surface area contributed by atoms with Gasteiger partial charge in [0, 0.05) is 50.3 Å². The Hall–Kier alpha value is -3.41. The van der Waals surface area contributed by atoms with E-state index in [9.17, 15) is 35.9 Å². The molecule has 0 radical (unpaired) electrons. The van der Waals surface area contributed by atoms with Crippen LogP contribution in [0.4, 0.5) is 26.3 Å². The van der Waals surface area contributed by atoms with Gasteiger partial charge in [-0.3, -0.25) is 14.5 Å². The number of hydrogen-bond acceptors (Lipinski definition) is 4. The number of benzene rings is 1. The largest absolute Gasteiger partial charge is 0.416 e. The fourth-order valence-electron chi connectivity index (χ4n) is 3.81. The van der Waals surface area contributed by atoms with Gasteiger partial charge in [0.1, 0.15) is 5.65 Å². The van der Waals surface area contributed by atoms with E-state index in [0.717, 1.165) is 0 Å². The summed E-state index contributed by atoms with van der Waals surface area (Å²) in [5.74, 6) is -1.12. The van der Waals surface area contributed by atoms with Gasteiger partial charge >= 0.3 is 12.4 Å². The number of aromatic nitrogens is 2. The molecule has 4 rings (SSSR count). The Morgan fingerprint density at radius 2 is 1.50 bits per heavy atom. The molecular weight excluding hydrogens is 466 g/mol. The number of amides is 1. The van der Waals surface area contributed by atoms with Crippen LogP contribution in [-0.4, -0.2) is 63.6 Å². The minimum atomic E-state index is -5.03. The summed E-state index contributed by atoms with van der Waals surface area (Å²) < 4.78 is 80.1. The molecule has 12 heteroatoms. The Morgan fingerprint density at radius 3 is 2.09 bits per heavy atom. The van der Waals surface area contributed by atoms with E-state index in [0.29, 0.717) is 23.3 Å². The maximum Gasteiger partial charge on any atom is 0.416 e. The number of piperazine rings is 1. The molecule has 0 aliphatic carbocycles. The summed E-state index contributed by atoms with van der Waals surface area (Å²) in [5, 5.41) is 0. The van der Waals surface area contributed by atoms with Crippen LogP contribution in [0.5, 0.6) is 0 Å². The first-order chi connectivity index (χ1) is 15.9. The molecule has 1 aliphatic rings. The third kappa shape index (κ3) is 4.91. The van der Waals surface area contributed by atoms with E-state index >= 15 is 0 Å². The molecular formula is C22H18F6N4O2. The number of imidazole rings is 1. The molecule has 34 heavy (non-hydrogen) atoms. The number of carbonyl (C=O) groups is 2. The van der Waals surface area contributed by atoms with Crippen molar-refractivity contribution in [3.63, 3.8) is 0 Å². The lowest BCUT2D eigenvalue weighted by Crippen LogP contribution is -2.50. The first kappa shape index (κ1) is 23.7. The van der Waals surface area contributed by atoms with Crippen molar-refractivity contribution in [3.8, 4) is 0 Å². The van der Waals surface area contributed by atoms with Gasteiger partial charge in [0.15, 0.2) is 5.78 Å². The van der Waals surface area contributed by atoms with Crippen molar-refractivity contribution in [1.29, 1.82) is 0 Å². The summed E-state index contributed by atoms with van der Waals surface area (Å²) in [6.07, 6.45) is -5.04. The van der Waals surface area contributed by atoms with Crippen LogP contribution in [0.3, 0.4) is 0 Å². The van der Waals surface area contributed by atoms with Gasteiger partial charge in [0.25, 0.3) is 5.91 Å². The number of pyridine rings is 1. The average Bonchev–Trinajstić information content (AvgIpc) is 3.26. The van der Waals surface area contributed by atoms with Gasteiger partial charge in [0.2, 0.25) is 0 Å². The first-order valence-electron chi connectivity index (χ1n) is 10.2. The quantitative estimate of drug-likeness (QED) is 0.415. The van der Waals surface area contributed by atoms with Crippen molar-refractivity contribution >= 4 is 17.3 Å². The second-order valence-corrected chi connectivity index (χ2v) is 7.87. The number of hydrogen-bond donors (Lipinski definition) is 0. The lowest BCUT2D eigenvalue weighted by molar-refractivity contribution is -0.143. The highest BCUT2D eigenvalue weighted by molar-refractivity contribution is 6.00. The van der Waals surface area contributed by atoms with Gasteiger partial charge in [-0.25, -0.2) is 4.98 Å². The molecule has 1 saturated heterocycles. The molecule has 0 unspecified atom stereocenters. The molecule has 1 aliphatic heterocycles. The fourth-order valence-corrected chi connectivity index (χ4v) is 3.81. The highest BCUT2D eigenvalue weighted by Gasteiger charge is 2.37. The molecule has 3 aromatic rings. The van der Waals surface area contributed by atoms with Crippen molar-refractivity contribution in [1.82, 2.24) is 19.2 Å². The lowest BCUT2D eigenvalue weighted by atomic mass is 10.0. The molecule has 1 amide bonds. The molecule has 180 valence electrons. The lowest BCUT2D eigenvalue weighted by Gasteiger charge is -2.34. The zero-order chi connectivity index (χ0) is 24.7. The smallest absolute Gasteiger partial charge is 0.336 e. The second kappa shape index (κ2) is 8.75. The normalized spacial score (nSPS) is 15.6. The molecule has 0 saturated carbocycles. The number of fused-ring (bicyclic) bond motifs is 1. The van der Waals surface area contributed by atoms with Crippen LogP contribution >= 0.6 is 0 Å². The Morgan fingerprint density at radius 1 is 0.882 bits per heavy atom. The van der Waals surface area contributed by atoms with Gasteiger partial charge in [-0.15, -0.1) is 0 Å². The number of Topliss-reactive ketones (excluding diaryl/α,β-unsaturated/α-hetero) is 1. The summed E-state index contributed by atoms with van der Waals surface area (Å²) in [7, 11) is 0. The molecule has 0 atom stereocenters. The van der Waals surface area contributed by atoms with Gasteiger partial charge in [-0.1, -0.05) is 0 Å². The molecule has 0 spiro atoms. The standard InChI is InChI=1S/C22H18F6N4O2/c23-21(24,25)15-10-14(11-16(12-15)22(26,27)28)18(33)13-30-6-8-32(9-7-30)20(34)17-2-1-4-31-5-3-29-19(17)31/h1-5,10-12H,6-9,13H2. The SMILES string of the molecule is O=C(CN1CCN(C(=O)c2cccn3ccnc23)CC1)c1cc(C(F)(F)F)cc(C(F)(F)F)c1. The number of halogens is 6. The van der Waals surface area contributed by atoms with Gasteiger partial charge in [-0.05, 0) is 30.3 Å². The molecule has 0 N–H and O–H groups in total. The average molecular weight is 484 g/mol. The van der Waals surface area contributed by atoms with Gasteiger partial charge in [0.05, 0.1) is 23.2 Å². The Bertz CT molecular complexity index is 1190. The van der Waals surface area contributed by atoms with Crippen LogP contribution in [0.1, 0.15) is 31.8 Å². The van der Waals surface area contributed by atoms with Gasteiger partial charge in [-0.2, -0.15) is 26.3 Å². The van der Waals surface area contributed by atoms with Crippen LogP contribution in [0, 0.1) is 0 Å². The number of nitrogens with zero attached hydrogens (tertiary/aromatic N) is 4. The van der Waals surface area contributed by atoms with Crippen molar-refractivity contribution in [2.24, 2.45) is 0 Å². The zero-order valence-corrected chi connectivity index (χ0v) is 17.5. The Kier molecular flexibility index (Phi) is 6.11. The fraction of sp³-hybridized carbons (Fsp3) is 0.318. The molecule has 3 heterocycles. The topological polar surface area (TPSA) is 57.9 Å². The van der Waals surface area contributed by atoms with Crippen LogP contribution in [0.2, 0.25) is 0 Å². The van der Waals surface area contributed by atoms with E-state index < -0.39 is 34.8 Å². The van der Waals surface area contributed by atoms with Crippen molar-refractivity contribution in [3.05, 3.63) is 71.2 Å². The van der Waals surface area contributed by atoms with Crippen LogP contribution in [0.25, 0.3) is 5.65 Å². The van der Waals surface area contributed by atoms with E-state index in [2.05, 4.69) is 4.98 Å². The van der Waals surface area contributed by atoms with Crippen LogP contribution < -0.4 is 0 Å². The second-order valence-electron chi connectivity index (χ2n) is 7.87. The Balaban J connectivity index is 1.44. The van der Waals surface area contributed by atoms with E-state index in [-0.39, 0.29) is 44.7 Å². The van der Waals surface area contributed by atoms with E-state index in [1.54, 1.807) is 44.9 Å². The number of alkyl halides is 6.